The zero-order valence-corrected chi connectivity index (χ0v) is 6.71. The van der Waals surface area contributed by atoms with Crippen LogP contribution in [0.15, 0.2) is 6.07 Å². The van der Waals surface area contributed by atoms with Crippen LogP contribution in [0.25, 0.3) is 0 Å². The van der Waals surface area contributed by atoms with Gasteiger partial charge in [-0.25, -0.2) is 13.2 Å². The second kappa shape index (κ2) is 3.05. The standard InChI is InChI=1S/C8H8F3N/c1-4-3-5(9)6(10)7(11)8(4)12-2/h3,12H,1-2H3. The summed E-state index contributed by atoms with van der Waals surface area (Å²) in [7, 11) is 1.45. The Morgan fingerprint density at radius 1 is 1.17 bits per heavy atom. The monoisotopic (exact) mass is 175 g/mol. The molecule has 4 heteroatoms. The molecular weight excluding hydrogens is 167 g/mol. The van der Waals surface area contributed by atoms with Crippen LogP contribution < -0.4 is 5.32 Å². The van der Waals surface area contributed by atoms with Crippen LogP contribution in [0.2, 0.25) is 0 Å². The van der Waals surface area contributed by atoms with Gasteiger partial charge in [0.2, 0.25) is 0 Å². The van der Waals surface area contributed by atoms with Crippen LogP contribution in [0.4, 0.5) is 18.9 Å². The molecule has 0 bridgehead atoms. The molecule has 0 saturated heterocycles. The number of hydrogen-bond acceptors (Lipinski definition) is 1. The van der Waals surface area contributed by atoms with Crippen LogP contribution in [-0.4, -0.2) is 7.05 Å². The first-order chi connectivity index (χ1) is 5.57. The van der Waals surface area contributed by atoms with E-state index in [2.05, 4.69) is 5.32 Å². The Morgan fingerprint density at radius 2 is 1.75 bits per heavy atom. The molecule has 0 atom stereocenters. The van der Waals surface area contributed by atoms with E-state index in [0.717, 1.165) is 6.07 Å². The third kappa shape index (κ3) is 1.24. The van der Waals surface area contributed by atoms with E-state index in [0.29, 0.717) is 5.56 Å². The van der Waals surface area contributed by atoms with Crippen LogP contribution >= 0.6 is 0 Å². The van der Waals surface area contributed by atoms with E-state index in [-0.39, 0.29) is 5.69 Å². The molecule has 0 fully saturated rings. The van der Waals surface area contributed by atoms with Crippen molar-refractivity contribution in [1.29, 1.82) is 0 Å². The largest absolute Gasteiger partial charge is 0.385 e. The van der Waals surface area contributed by atoms with Crippen molar-refractivity contribution < 1.29 is 13.2 Å². The van der Waals surface area contributed by atoms with E-state index >= 15 is 0 Å². The van der Waals surface area contributed by atoms with E-state index in [4.69, 9.17) is 0 Å². The summed E-state index contributed by atoms with van der Waals surface area (Å²) in [6, 6.07) is 0.949. The van der Waals surface area contributed by atoms with Gasteiger partial charge in [-0.3, -0.25) is 0 Å². The van der Waals surface area contributed by atoms with Crippen LogP contribution in [0.3, 0.4) is 0 Å². The predicted molar refractivity (Wildman–Crippen MR) is 40.6 cm³/mol. The maximum absolute atomic E-state index is 12.8. The maximum Gasteiger partial charge on any atom is 0.196 e. The molecule has 0 aliphatic carbocycles. The second-order valence-electron chi connectivity index (χ2n) is 2.43. The molecule has 1 nitrogen and oxygen atoms in total. The summed E-state index contributed by atoms with van der Waals surface area (Å²) in [6.07, 6.45) is 0. The first-order valence-electron chi connectivity index (χ1n) is 3.39. The first-order valence-corrected chi connectivity index (χ1v) is 3.39. The number of aryl methyl sites for hydroxylation is 1. The van der Waals surface area contributed by atoms with Gasteiger partial charge in [0, 0.05) is 7.05 Å². The molecule has 1 rings (SSSR count). The Labute approximate surface area is 68.2 Å². The molecule has 0 aromatic heterocycles. The SMILES string of the molecule is CNc1c(C)cc(F)c(F)c1F. The number of anilines is 1. The van der Waals surface area contributed by atoms with Crippen molar-refractivity contribution in [2.75, 3.05) is 12.4 Å². The molecule has 0 saturated carbocycles. The molecule has 0 radical (unpaired) electrons. The van der Waals surface area contributed by atoms with Gasteiger partial charge < -0.3 is 5.32 Å². The van der Waals surface area contributed by atoms with Crippen LogP contribution in [0.5, 0.6) is 0 Å². The molecule has 0 aliphatic rings. The third-order valence-corrected chi connectivity index (χ3v) is 1.61. The Hall–Kier alpha value is -1.19. The van der Waals surface area contributed by atoms with Crippen LogP contribution in [-0.2, 0) is 0 Å². The number of rotatable bonds is 1. The van der Waals surface area contributed by atoms with Gasteiger partial charge in [0.15, 0.2) is 17.5 Å². The van der Waals surface area contributed by atoms with Gasteiger partial charge in [-0.2, -0.15) is 0 Å². The second-order valence-corrected chi connectivity index (χ2v) is 2.43. The summed E-state index contributed by atoms with van der Waals surface area (Å²) in [5, 5.41) is 2.45. The van der Waals surface area contributed by atoms with E-state index in [9.17, 15) is 13.2 Å². The fourth-order valence-electron chi connectivity index (χ4n) is 1.02. The molecule has 0 amide bonds. The van der Waals surface area contributed by atoms with Gasteiger partial charge in [0.1, 0.15) is 0 Å². The average Bonchev–Trinajstić information content (AvgIpc) is 2.01. The van der Waals surface area contributed by atoms with Crippen LogP contribution in [0.1, 0.15) is 5.56 Å². The highest BCUT2D eigenvalue weighted by atomic mass is 19.2. The lowest BCUT2D eigenvalue weighted by molar-refractivity contribution is 0.448. The van der Waals surface area contributed by atoms with Gasteiger partial charge in [0.05, 0.1) is 5.69 Å². The molecule has 0 spiro atoms. The summed E-state index contributed by atoms with van der Waals surface area (Å²) in [4.78, 5) is 0. The van der Waals surface area contributed by atoms with Crippen molar-refractivity contribution in [3.63, 3.8) is 0 Å². The van der Waals surface area contributed by atoms with E-state index in [1.807, 2.05) is 0 Å². The summed E-state index contributed by atoms with van der Waals surface area (Å²) < 4.78 is 37.9. The number of hydrogen-bond donors (Lipinski definition) is 1. The quantitative estimate of drug-likeness (QED) is 0.646. The minimum absolute atomic E-state index is 0.00565. The highest BCUT2D eigenvalue weighted by Crippen LogP contribution is 2.23. The normalized spacial score (nSPS) is 10.1. The van der Waals surface area contributed by atoms with Gasteiger partial charge in [0.25, 0.3) is 0 Å². The Morgan fingerprint density at radius 3 is 2.25 bits per heavy atom. The number of nitrogens with one attached hydrogen (secondary N) is 1. The lowest BCUT2D eigenvalue weighted by Gasteiger charge is -2.07. The number of halogens is 3. The topological polar surface area (TPSA) is 12.0 Å². The van der Waals surface area contributed by atoms with Gasteiger partial charge in [-0.1, -0.05) is 0 Å². The van der Waals surface area contributed by atoms with E-state index in [1.54, 1.807) is 0 Å². The highest BCUT2D eigenvalue weighted by molar-refractivity contribution is 5.51. The van der Waals surface area contributed by atoms with Crippen molar-refractivity contribution in [3.05, 3.63) is 29.1 Å². The minimum Gasteiger partial charge on any atom is -0.385 e. The minimum atomic E-state index is -1.44. The Bertz CT molecular complexity index is 310. The molecule has 12 heavy (non-hydrogen) atoms. The Balaban J connectivity index is 3.40. The summed E-state index contributed by atoms with van der Waals surface area (Å²) in [5.41, 5.74) is 0.336. The predicted octanol–water partition coefficient (Wildman–Crippen LogP) is 2.45. The highest BCUT2D eigenvalue weighted by Gasteiger charge is 2.14. The van der Waals surface area contributed by atoms with Crippen molar-refractivity contribution in [2.45, 2.75) is 6.92 Å². The molecule has 1 aromatic carbocycles. The molecule has 1 N–H and O–H groups in total. The molecule has 1 aromatic rings. The molecule has 0 heterocycles. The molecule has 0 aliphatic heterocycles. The smallest absolute Gasteiger partial charge is 0.196 e. The Kier molecular flexibility index (Phi) is 2.26. The van der Waals surface area contributed by atoms with E-state index < -0.39 is 17.5 Å². The van der Waals surface area contributed by atoms with Gasteiger partial charge in [-0.05, 0) is 18.6 Å². The van der Waals surface area contributed by atoms with Crippen molar-refractivity contribution in [2.24, 2.45) is 0 Å². The molecule has 0 unspecified atom stereocenters. The zero-order chi connectivity index (χ0) is 9.30. The van der Waals surface area contributed by atoms with Crippen molar-refractivity contribution in [3.8, 4) is 0 Å². The van der Waals surface area contributed by atoms with Gasteiger partial charge in [-0.15, -0.1) is 0 Å². The van der Waals surface area contributed by atoms with Crippen molar-refractivity contribution in [1.82, 2.24) is 0 Å². The fraction of sp³-hybridized carbons (Fsp3) is 0.250. The third-order valence-electron chi connectivity index (χ3n) is 1.61. The summed E-state index contributed by atoms with van der Waals surface area (Å²) in [6.45, 7) is 1.50. The molecule has 66 valence electrons. The lowest BCUT2D eigenvalue weighted by Crippen LogP contribution is -2.01. The average molecular weight is 175 g/mol. The zero-order valence-electron chi connectivity index (χ0n) is 6.71. The first kappa shape index (κ1) is 8.90. The van der Waals surface area contributed by atoms with Crippen molar-refractivity contribution >= 4 is 5.69 Å². The lowest BCUT2D eigenvalue weighted by atomic mass is 10.2. The summed E-state index contributed by atoms with van der Waals surface area (Å²) >= 11 is 0. The number of benzene rings is 1. The van der Waals surface area contributed by atoms with Crippen LogP contribution in [0, 0.1) is 24.4 Å². The summed E-state index contributed by atoms with van der Waals surface area (Å²) in [5.74, 6) is -3.77. The fourth-order valence-corrected chi connectivity index (χ4v) is 1.02. The van der Waals surface area contributed by atoms with E-state index in [1.165, 1.54) is 14.0 Å². The molecular formula is C8H8F3N. The van der Waals surface area contributed by atoms with Gasteiger partial charge >= 0.3 is 0 Å². The maximum atomic E-state index is 12.8.